The summed E-state index contributed by atoms with van der Waals surface area (Å²) < 4.78 is 11.4. The summed E-state index contributed by atoms with van der Waals surface area (Å²) in [6.45, 7) is 9.53. The molecule has 0 radical (unpaired) electrons. The fourth-order valence-electron chi connectivity index (χ4n) is 3.13. The number of guanidine groups is 1. The van der Waals surface area contributed by atoms with E-state index >= 15 is 0 Å². The van der Waals surface area contributed by atoms with Crippen molar-refractivity contribution in [2.75, 3.05) is 45.9 Å². The zero-order valence-electron chi connectivity index (χ0n) is 16.1. The average Bonchev–Trinajstić information content (AvgIpc) is 2.90. The number of rotatable bonds is 3. The fourth-order valence-corrected chi connectivity index (χ4v) is 3.13. The zero-order valence-corrected chi connectivity index (χ0v) is 18.4. The van der Waals surface area contributed by atoms with Crippen LogP contribution >= 0.6 is 24.0 Å². The summed E-state index contributed by atoms with van der Waals surface area (Å²) in [7, 11) is 0. The van der Waals surface area contributed by atoms with Crippen molar-refractivity contribution in [1.29, 1.82) is 0 Å². The molecule has 150 valence electrons. The molecule has 1 N–H and O–H groups in total. The first-order valence-electron chi connectivity index (χ1n) is 9.34. The van der Waals surface area contributed by atoms with Crippen LogP contribution in [0.15, 0.2) is 23.2 Å². The van der Waals surface area contributed by atoms with Gasteiger partial charge in [-0.05, 0) is 24.6 Å². The second-order valence-corrected chi connectivity index (χ2v) is 6.49. The quantitative estimate of drug-likeness (QED) is 0.401. The lowest BCUT2D eigenvalue weighted by Gasteiger charge is -2.36. The Morgan fingerprint density at radius 2 is 1.78 bits per heavy atom. The number of aliphatic imine (C=N–C) groups is 1. The highest BCUT2D eigenvalue weighted by atomic mass is 127. The highest BCUT2D eigenvalue weighted by Gasteiger charge is 2.21. The number of carbonyl (C=O) groups is 1. The standard InChI is InChI=1S/C19H28N4O3.HI/c1-3-20-19(23-9-7-22(8-10-23)15(2)24)21-14-16-5-6-17-18(13-16)26-12-4-11-25-17;/h5-6,13H,3-4,7-12,14H2,1-2H3,(H,20,21);1H. The molecule has 3 rings (SSSR count). The third-order valence-electron chi connectivity index (χ3n) is 4.58. The lowest BCUT2D eigenvalue weighted by molar-refractivity contribution is -0.130. The molecule has 1 aromatic rings. The summed E-state index contributed by atoms with van der Waals surface area (Å²) in [5.74, 6) is 2.64. The maximum Gasteiger partial charge on any atom is 0.219 e. The first-order valence-corrected chi connectivity index (χ1v) is 9.34. The smallest absolute Gasteiger partial charge is 0.219 e. The van der Waals surface area contributed by atoms with Gasteiger partial charge in [0.2, 0.25) is 5.91 Å². The van der Waals surface area contributed by atoms with Crippen LogP contribution < -0.4 is 14.8 Å². The van der Waals surface area contributed by atoms with Crippen LogP contribution in [0, 0.1) is 0 Å². The van der Waals surface area contributed by atoms with Gasteiger partial charge in [-0.15, -0.1) is 24.0 Å². The van der Waals surface area contributed by atoms with E-state index in [2.05, 4.69) is 17.1 Å². The number of nitrogens with zero attached hydrogens (tertiary/aromatic N) is 3. The van der Waals surface area contributed by atoms with Gasteiger partial charge in [0.25, 0.3) is 0 Å². The predicted octanol–water partition coefficient (Wildman–Crippen LogP) is 2.10. The number of piperazine rings is 1. The Hall–Kier alpha value is -1.71. The molecule has 1 amide bonds. The summed E-state index contributed by atoms with van der Waals surface area (Å²) >= 11 is 0. The number of amides is 1. The first kappa shape index (κ1) is 21.6. The van der Waals surface area contributed by atoms with Gasteiger partial charge < -0.3 is 24.6 Å². The van der Waals surface area contributed by atoms with Gasteiger partial charge in [-0.2, -0.15) is 0 Å². The van der Waals surface area contributed by atoms with E-state index in [-0.39, 0.29) is 29.9 Å². The molecule has 27 heavy (non-hydrogen) atoms. The van der Waals surface area contributed by atoms with Crippen molar-refractivity contribution in [3.8, 4) is 11.5 Å². The number of hydrogen-bond acceptors (Lipinski definition) is 4. The molecular weight excluding hydrogens is 459 g/mol. The van der Waals surface area contributed by atoms with Crippen LogP contribution in [-0.2, 0) is 11.3 Å². The summed E-state index contributed by atoms with van der Waals surface area (Å²) in [4.78, 5) is 20.4. The van der Waals surface area contributed by atoms with Crippen LogP contribution in [0.3, 0.4) is 0 Å². The number of halogens is 1. The van der Waals surface area contributed by atoms with Gasteiger partial charge in [0.05, 0.1) is 19.8 Å². The summed E-state index contributed by atoms with van der Waals surface area (Å²) in [6, 6.07) is 6.01. The lowest BCUT2D eigenvalue weighted by Crippen LogP contribution is -2.53. The van der Waals surface area contributed by atoms with E-state index in [4.69, 9.17) is 14.5 Å². The molecule has 8 heteroatoms. The second-order valence-electron chi connectivity index (χ2n) is 6.49. The number of nitrogens with one attached hydrogen (secondary N) is 1. The Labute approximate surface area is 178 Å². The van der Waals surface area contributed by atoms with E-state index in [0.717, 1.165) is 62.2 Å². The Morgan fingerprint density at radius 1 is 1.11 bits per heavy atom. The van der Waals surface area contributed by atoms with Crippen LogP contribution in [0.2, 0.25) is 0 Å². The summed E-state index contributed by atoms with van der Waals surface area (Å²) in [5.41, 5.74) is 1.09. The Balaban J connectivity index is 0.00000261. The van der Waals surface area contributed by atoms with Crippen molar-refractivity contribution < 1.29 is 14.3 Å². The van der Waals surface area contributed by atoms with Crippen molar-refractivity contribution in [3.05, 3.63) is 23.8 Å². The van der Waals surface area contributed by atoms with Crippen LogP contribution in [0.4, 0.5) is 0 Å². The summed E-state index contributed by atoms with van der Waals surface area (Å²) in [6.07, 6.45) is 0.902. The van der Waals surface area contributed by atoms with Crippen molar-refractivity contribution >= 4 is 35.8 Å². The van der Waals surface area contributed by atoms with Crippen molar-refractivity contribution in [1.82, 2.24) is 15.1 Å². The van der Waals surface area contributed by atoms with E-state index < -0.39 is 0 Å². The van der Waals surface area contributed by atoms with E-state index in [0.29, 0.717) is 19.8 Å². The molecule has 0 unspecified atom stereocenters. The van der Waals surface area contributed by atoms with Crippen LogP contribution in [0.5, 0.6) is 11.5 Å². The minimum atomic E-state index is 0. The van der Waals surface area contributed by atoms with Gasteiger partial charge in [-0.3, -0.25) is 4.79 Å². The van der Waals surface area contributed by atoms with Gasteiger partial charge in [-0.25, -0.2) is 4.99 Å². The molecule has 0 aromatic heterocycles. The Morgan fingerprint density at radius 3 is 2.44 bits per heavy atom. The molecule has 2 aliphatic rings. The van der Waals surface area contributed by atoms with Crippen molar-refractivity contribution in [2.24, 2.45) is 4.99 Å². The topological polar surface area (TPSA) is 66.4 Å². The third-order valence-corrected chi connectivity index (χ3v) is 4.58. The van der Waals surface area contributed by atoms with Gasteiger partial charge in [0.1, 0.15) is 0 Å². The molecule has 0 saturated carbocycles. The van der Waals surface area contributed by atoms with E-state index in [1.54, 1.807) is 6.92 Å². The fraction of sp³-hybridized carbons (Fsp3) is 0.579. The SMILES string of the molecule is CCNC(=NCc1ccc2c(c1)OCCCO2)N1CCN(C(C)=O)CC1.I. The minimum Gasteiger partial charge on any atom is -0.490 e. The number of benzene rings is 1. The Bertz CT molecular complexity index is 660. The zero-order chi connectivity index (χ0) is 18.4. The van der Waals surface area contributed by atoms with Crippen LogP contribution in [0.25, 0.3) is 0 Å². The van der Waals surface area contributed by atoms with Crippen LogP contribution in [-0.4, -0.2) is 67.6 Å². The summed E-state index contributed by atoms with van der Waals surface area (Å²) in [5, 5.41) is 3.36. The monoisotopic (exact) mass is 488 g/mol. The molecule has 0 aliphatic carbocycles. The van der Waals surface area contributed by atoms with E-state index in [9.17, 15) is 4.79 Å². The van der Waals surface area contributed by atoms with Gasteiger partial charge >= 0.3 is 0 Å². The maximum absolute atomic E-state index is 11.5. The van der Waals surface area contributed by atoms with Gasteiger partial charge in [0, 0.05) is 46.1 Å². The normalized spacial score (nSPS) is 17.0. The molecular formula is C19H29IN4O3. The second kappa shape index (κ2) is 10.6. The third kappa shape index (κ3) is 5.88. The molecule has 1 aromatic carbocycles. The largest absolute Gasteiger partial charge is 0.490 e. The molecule has 0 spiro atoms. The van der Waals surface area contributed by atoms with Crippen molar-refractivity contribution in [2.45, 2.75) is 26.8 Å². The highest BCUT2D eigenvalue weighted by Crippen LogP contribution is 2.30. The lowest BCUT2D eigenvalue weighted by atomic mass is 10.2. The van der Waals surface area contributed by atoms with E-state index in [1.165, 1.54) is 0 Å². The molecule has 2 heterocycles. The Kier molecular flexibility index (Phi) is 8.46. The number of ether oxygens (including phenoxy) is 2. The predicted molar refractivity (Wildman–Crippen MR) is 116 cm³/mol. The molecule has 1 saturated heterocycles. The van der Waals surface area contributed by atoms with Gasteiger partial charge in [0.15, 0.2) is 17.5 Å². The number of hydrogen-bond donors (Lipinski definition) is 1. The van der Waals surface area contributed by atoms with E-state index in [1.807, 2.05) is 23.1 Å². The average molecular weight is 488 g/mol. The van der Waals surface area contributed by atoms with Crippen LogP contribution in [0.1, 0.15) is 25.8 Å². The first-order chi connectivity index (χ1) is 12.7. The number of fused-ring (bicyclic) bond motifs is 1. The van der Waals surface area contributed by atoms with Gasteiger partial charge in [-0.1, -0.05) is 6.07 Å². The molecule has 2 aliphatic heterocycles. The molecule has 0 bridgehead atoms. The molecule has 0 atom stereocenters. The highest BCUT2D eigenvalue weighted by molar-refractivity contribution is 14.0. The maximum atomic E-state index is 11.5. The molecule has 7 nitrogen and oxygen atoms in total. The van der Waals surface area contributed by atoms with Crippen molar-refractivity contribution in [3.63, 3.8) is 0 Å². The number of carbonyl (C=O) groups excluding carboxylic acids is 1. The molecule has 1 fully saturated rings. The minimum absolute atomic E-state index is 0.